The second-order valence-electron chi connectivity index (χ2n) is 5.44. The summed E-state index contributed by atoms with van der Waals surface area (Å²) in [6.45, 7) is 6.17. The quantitative estimate of drug-likeness (QED) is 0.570. The molecule has 0 aromatic rings. The van der Waals surface area contributed by atoms with E-state index in [0.29, 0.717) is 6.42 Å². The molecule has 0 radical (unpaired) electrons. The highest BCUT2D eigenvalue weighted by molar-refractivity contribution is 5.74. The maximum atomic E-state index is 11.0. The number of carbonyl (C=O) groups is 2. The average molecular weight is 262 g/mol. The standard InChI is InChI=1S/C12H22O6/c1-5-12(4,9(15)16)7-18-10(17)11(2,3)6-8(13)14/h10,17H,5-7H2,1-4H3,(H,13,14)(H,15,16). The molecule has 0 saturated heterocycles. The Kier molecular flexibility index (Phi) is 5.76. The molecule has 0 amide bonds. The zero-order valence-electron chi connectivity index (χ0n) is 11.3. The Labute approximate surface area is 107 Å². The minimum absolute atomic E-state index is 0.164. The van der Waals surface area contributed by atoms with Crippen molar-refractivity contribution in [2.45, 2.75) is 46.8 Å². The average Bonchev–Trinajstić information content (AvgIpc) is 2.23. The summed E-state index contributed by atoms with van der Waals surface area (Å²) in [5, 5.41) is 27.5. The van der Waals surface area contributed by atoms with E-state index in [1.807, 2.05) is 0 Å². The lowest BCUT2D eigenvalue weighted by Gasteiger charge is -2.31. The van der Waals surface area contributed by atoms with Crippen LogP contribution < -0.4 is 0 Å². The predicted octanol–water partition coefficient (Wildman–Crippen LogP) is 1.32. The van der Waals surface area contributed by atoms with Crippen LogP contribution in [0, 0.1) is 10.8 Å². The maximum absolute atomic E-state index is 11.0. The third kappa shape index (κ3) is 4.62. The Hall–Kier alpha value is -1.14. The molecule has 0 aliphatic carbocycles. The lowest BCUT2D eigenvalue weighted by atomic mass is 9.87. The number of carboxylic acids is 2. The zero-order chi connectivity index (χ0) is 14.6. The van der Waals surface area contributed by atoms with Crippen LogP contribution in [0.5, 0.6) is 0 Å². The molecule has 0 aromatic heterocycles. The van der Waals surface area contributed by atoms with E-state index >= 15 is 0 Å². The van der Waals surface area contributed by atoms with Gasteiger partial charge < -0.3 is 20.1 Å². The highest BCUT2D eigenvalue weighted by Crippen LogP contribution is 2.29. The first-order chi connectivity index (χ1) is 8.05. The largest absolute Gasteiger partial charge is 0.481 e. The maximum Gasteiger partial charge on any atom is 0.311 e. The summed E-state index contributed by atoms with van der Waals surface area (Å²) in [5.41, 5.74) is -2.06. The molecule has 0 fully saturated rings. The number of aliphatic hydroxyl groups is 1. The van der Waals surface area contributed by atoms with Crippen molar-refractivity contribution < 1.29 is 29.6 Å². The lowest BCUT2D eigenvalue weighted by Crippen LogP contribution is -2.39. The molecule has 0 aromatic carbocycles. The van der Waals surface area contributed by atoms with Gasteiger partial charge in [0.1, 0.15) is 0 Å². The smallest absolute Gasteiger partial charge is 0.311 e. The first kappa shape index (κ1) is 16.9. The van der Waals surface area contributed by atoms with Gasteiger partial charge in [-0.15, -0.1) is 0 Å². The summed E-state index contributed by atoms with van der Waals surface area (Å²) < 4.78 is 5.14. The van der Waals surface area contributed by atoms with E-state index in [4.69, 9.17) is 14.9 Å². The predicted molar refractivity (Wildman–Crippen MR) is 64.0 cm³/mol. The second kappa shape index (κ2) is 6.15. The highest BCUT2D eigenvalue weighted by Gasteiger charge is 2.36. The normalized spacial score (nSPS) is 16.9. The van der Waals surface area contributed by atoms with Gasteiger partial charge in [0, 0.05) is 5.41 Å². The second-order valence-corrected chi connectivity index (χ2v) is 5.44. The molecule has 2 unspecified atom stereocenters. The summed E-state index contributed by atoms with van der Waals surface area (Å²) in [4.78, 5) is 21.7. The van der Waals surface area contributed by atoms with Crippen LogP contribution >= 0.6 is 0 Å². The summed E-state index contributed by atoms with van der Waals surface area (Å²) in [6, 6.07) is 0. The summed E-state index contributed by atoms with van der Waals surface area (Å²) >= 11 is 0. The minimum Gasteiger partial charge on any atom is -0.481 e. The number of hydrogen-bond acceptors (Lipinski definition) is 4. The first-order valence-electron chi connectivity index (χ1n) is 5.80. The molecule has 0 bridgehead atoms. The molecule has 0 rings (SSSR count). The number of carboxylic acid groups (broad SMARTS) is 2. The molecule has 2 atom stereocenters. The Morgan fingerprint density at radius 1 is 1.22 bits per heavy atom. The van der Waals surface area contributed by atoms with Crippen molar-refractivity contribution in [1.29, 1.82) is 0 Å². The van der Waals surface area contributed by atoms with E-state index in [2.05, 4.69) is 0 Å². The van der Waals surface area contributed by atoms with Crippen LogP contribution in [0.4, 0.5) is 0 Å². The van der Waals surface area contributed by atoms with E-state index in [1.54, 1.807) is 20.8 Å². The minimum atomic E-state index is -1.32. The fourth-order valence-corrected chi connectivity index (χ4v) is 1.28. The van der Waals surface area contributed by atoms with Gasteiger partial charge in [-0.3, -0.25) is 9.59 Å². The molecule has 6 nitrogen and oxygen atoms in total. The topological polar surface area (TPSA) is 104 Å². The summed E-state index contributed by atoms with van der Waals surface area (Å²) in [7, 11) is 0. The van der Waals surface area contributed by atoms with Crippen LogP contribution in [0.15, 0.2) is 0 Å². The summed E-state index contributed by atoms with van der Waals surface area (Å²) in [6.07, 6.45) is -1.22. The van der Waals surface area contributed by atoms with Gasteiger partial charge in [0.05, 0.1) is 18.4 Å². The van der Waals surface area contributed by atoms with E-state index in [0.717, 1.165) is 0 Å². The third-order valence-corrected chi connectivity index (χ3v) is 3.13. The Balaban J connectivity index is 4.53. The van der Waals surface area contributed by atoms with Crippen LogP contribution in [0.25, 0.3) is 0 Å². The SMILES string of the molecule is CCC(C)(COC(O)C(C)(C)CC(=O)O)C(=O)O. The van der Waals surface area contributed by atoms with Crippen molar-refractivity contribution in [3.63, 3.8) is 0 Å². The third-order valence-electron chi connectivity index (χ3n) is 3.13. The van der Waals surface area contributed by atoms with E-state index in [-0.39, 0.29) is 13.0 Å². The summed E-state index contributed by atoms with van der Waals surface area (Å²) in [5.74, 6) is -2.05. The zero-order valence-corrected chi connectivity index (χ0v) is 11.3. The van der Waals surface area contributed by atoms with Crippen LogP contribution in [-0.2, 0) is 14.3 Å². The number of hydrogen-bond donors (Lipinski definition) is 3. The molecule has 6 heteroatoms. The fraction of sp³-hybridized carbons (Fsp3) is 0.833. The van der Waals surface area contributed by atoms with Crippen LogP contribution in [0.1, 0.15) is 40.5 Å². The first-order valence-corrected chi connectivity index (χ1v) is 5.80. The van der Waals surface area contributed by atoms with Gasteiger partial charge in [0.2, 0.25) is 0 Å². The van der Waals surface area contributed by atoms with Crippen molar-refractivity contribution in [3.8, 4) is 0 Å². The molecule has 0 aliphatic rings. The van der Waals surface area contributed by atoms with Gasteiger partial charge in [0.25, 0.3) is 0 Å². The number of aliphatic hydroxyl groups excluding tert-OH is 1. The van der Waals surface area contributed by atoms with Crippen molar-refractivity contribution in [2.24, 2.45) is 10.8 Å². The van der Waals surface area contributed by atoms with Crippen molar-refractivity contribution in [1.82, 2.24) is 0 Å². The van der Waals surface area contributed by atoms with Crippen molar-refractivity contribution in [2.75, 3.05) is 6.61 Å². The Morgan fingerprint density at radius 3 is 2.06 bits per heavy atom. The van der Waals surface area contributed by atoms with Crippen molar-refractivity contribution >= 4 is 11.9 Å². The molecule has 106 valence electrons. The molecule has 0 aliphatic heterocycles. The van der Waals surface area contributed by atoms with E-state index < -0.39 is 29.1 Å². The van der Waals surface area contributed by atoms with Gasteiger partial charge in [0.15, 0.2) is 6.29 Å². The van der Waals surface area contributed by atoms with Gasteiger partial charge in [-0.05, 0) is 13.3 Å². The van der Waals surface area contributed by atoms with Gasteiger partial charge >= 0.3 is 11.9 Å². The highest BCUT2D eigenvalue weighted by atomic mass is 16.6. The fourth-order valence-electron chi connectivity index (χ4n) is 1.28. The molecular weight excluding hydrogens is 240 g/mol. The lowest BCUT2D eigenvalue weighted by molar-refractivity contribution is -0.194. The molecule has 18 heavy (non-hydrogen) atoms. The van der Waals surface area contributed by atoms with Crippen LogP contribution in [0.2, 0.25) is 0 Å². The van der Waals surface area contributed by atoms with Crippen LogP contribution in [0.3, 0.4) is 0 Å². The van der Waals surface area contributed by atoms with Gasteiger partial charge in [-0.25, -0.2) is 0 Å². The van der Waals surface area contributed by atoms with Gasteiger partial charge in [-0.1, -0.05) is 20.8 Å². The molecular formula is C12H22O6. The molecule has 0 heterocycles. The molecule has 0 saturated carbocycles. The number of aliphatic carboxylic acids is 2. The monoisotopic (exact) mass is 262 g/mol. The van der Waals surface area contributed by atoms with Gasteiger partial charge in [-0.2, -0.15) is 0 Å². The number of ether oxygens (including phenoxy) is 1. The molecule has 0 spiro atoms. The van der Waals surface area contributed by atoms with E-state index in [9.17, 15) is 14.7 Å². The Bertz CT molecular complexity index is 312. The van der Waals surface area contributed by atoms with Crippen LogP contribution in [-0.4, -0.2) is 40.2 Å². The van der Waals surface area contributed by atoms with E-state index in [1.165, 1.54) is 6.92 Å². The molecule has 3 N–H and O–H groups in total. The Morgan fingerprint density at radius 2 is 1.72 bits per heavy atom. The van der Waals surface area contributed by atoms with Crippen molar-refractivity contribution in [3.05, 3.63) is 0 Å². The number of rotatable bonds is 8.